The van der Waals surface area contributed by atoms with Gasteiger partial charge in [-0.1, -0.05) is 30.3 Å². The third kappa shape index (κ3) is 5.81. The molecule has 3 unspecified atom stereocenters. The molecule has 164 valence electrons. The van der Waals surface area contributed by atoms with E-state index < -0.39 is 0 Å². The van der Waals surface area contributed by atoms with Crippen LogP contribution in [-0.4, -0.2) is 54.6 Å². The van der Waals surface area contributed by atoms with Crippen molar-refractivity contribution in [1.82, 2.24) is 15.5 Å². The molecule has 1 saturated carbocycles. The summed E-state index contributed by atoms with van der Waals surface area (Å²) >= 11 is 0. The highest BCUT2D eigenvalue weighted by atomic mass is 16.5. The lowest BCUT2D eigenvalue weighted by molar-refractivity contribution is -0.139. The van der Waals surface area contributed by atoms with E-state index in [4.69, 9.17) is 4.74 Å². The van der Waals surface area contributed by atoms with Crippen molar-refractivity contribution in [1.29, 1.82) is 0 Å². The van der Waals surface area contributed by atoms with Crippen molar-refractivity contribution in [3.05, 3.63) is 35.9 Å². The van der Waals surface area contributed by atoms with Crippen molar-refractivity contribution < 1.29 is 19.1 Å². The summed E-state index contributed by atoms with van der Waals surface area (Å²) < 4.78 is 5.48. The molecule has 1 aromatic carbocycles. The summed E-state index contributed by atoms with van der Waals surface area (Å²) in [5.41, 5.74) is 1.10. The lowest BCUT2D eigenvalue weighted by atomic mass is 9.76. The van der Waals surface area contributed by atoms with Crippen molar-refractivity contribution in [2.75, 3.05) is 19.7 Å². The number of imide groups is 1. The first-order valence-electron chi connectivity index (χ1n) is 11.0. The van der Waals surface area contributed by atoms with Crippen molar-refractivity contribution >= 4 is 17.8 Å². The van der Waals surface area contributed by atoms with Crippen LogP contribution in [0.1, 0.15) is 45.1 Å². The quantitative estimate of drug-likeness (QED) is 0.607. The number of urea groups is 1. The topological polar surface area (TPSA) is 87.7 Å². The van der Waals surface area contributed by atoms with Crippen LogP contribution in [0.2, 0.25) is 0 Å². The lowest BCUT2D eigenvalue weighted by Gasteiger charge is -2.42. The molecule has 30 heavy (non-hydrogen) atoms. The molecular formula is C23H33N3O4. The third-order valence-electron chi connectivity index (χ3n) is 5.90. The van der Waals surface area contributed by atoms with Gasteiger partial charge in [-0.3, -0.25) is 14.5 Å². The molecule has 1 aliphatic carbocycles. The number of carbonyl (C=O) groups excluding carboxylic acids is 3. The minimum atomic E-state index is -0.343. The Labute approximate surface area is 178 Å². The van der Waals surface area contributed by atoms with E-state index >= 15 is 0 Å². The molecule has 0 radical (unpaired) electrons. The van der Waals surface area contributed by atoms with Gasteiger partial charge >= 0.3 is 6.03 Å². The zero-order chi connectivity index (χ0) is 21.5. The van der Waals surface area contributed by atoms with E-state index in [0.717, 1.165) is 12.0 Å². The first-order chi connectivity index (χ1) is 14.5. The minimum absolute atomic E-state index is 0.00574. The maximum absolute atomic E-state index is 12.9. The van der Waals surface area contributed by atoms with Gasteiger partial charge in [0, 0.05) is 31.7 Å². The first-order valence-corrected chi connectivity index (χ1v) is 11.0. The number of rotatable bonds is 9. The van der Waals surface area contributed by atoms with Crippen LogP contribution in [0.25, 0.3) is 0 Å². The normalized spacial score (nSPS) is 23.8. The van der Waals surface area contributed by atoms with Crippen molar-refractivity contribution in [3.63, 3.8) is 0 Å². The SMILES string of the molecule is CC(C)OCCCNC(=O)C1CCC2C(=O)N(CCc3ccccc3)C(=O)NC2C1. The largest absolute Gasteiger partial charge is 0.379 e. The molecule has 1 saturated heterocycles. The monoisotopic (exact) mass is 415 g/mol. The zero-order valence-corrected chi connectivity index (χ0v) is 17.9. The Morgan fingerprint density at radius 2 is 2.00 bits per heavy atom. The van der Waals surface area contributed by atoms with Crippen LogP contribution < -0.4 is 10.6 Å². The molecule has 7 heteroatoms. The van der Waals surface area contributed by atoms with E-state index in [1.165, 1.54) is 4.90 Å². The Morgan fingerprint density at radius 1 is 1.23 bits per heavy atom. The molecule has 0 spiro atoms. The van der Waals surface area contributed by atoms with Crippen molar-refractivity contribution in [3.8, 4) is 0 Å². The molecule has 0 aromatic heterocycles. The van der Waals surface area contributed by atoms with Crippen LogP contribution >= 0.6 is 0 Å². The van der Waals surface area contributed by atoms with Crippen LogP contribution in [-0.2, 0) is 20.7 Å². The van der Waals surface area contributed by atoms with E-state index in [1.807, 2.05) is 44.2 Å². The van der Waals surface area contributed by atoms with E-state index in [1.54, 1.807) is 0 Å². The Morgan fingerprint density at radius 3 is 2.73 bits per heavy atom. The number of nitrogens with zero attached hydrogens (tertiary/aromatic N) is 1. The van der Waals surface area contributed by atoms with Gasteiger partial charge in [0.15, 0.2) is 0 Å². The predicted molar refractivity (Wildman–Crippen MR) is 114 cm³/mol. The smallest absolute Gasteiger partial charge is 0.324 e. The van der Waals surface area contributed by atoms with Gasteiger partial charge in [-0.2, -0.15) is 0 Å². The fourth-order valence-electron chi connectivity index (χ4n) is 4.25. The average molecular weight is 416 g/mol. The van der Waals surface area contributed by atoms with Gasteiger partial charge in [0.05, 0.1) is 12.0 Å². The molecule has 1 aromatic rings. The maximum Gasteiger partial charge on any atom is 0.324 e. The Kier molecular flexibility index (Phi) is 7.85. The number of fused-ring (bicyclic) bond motifs is 1. The van der Waals surface area contributed by atoms with Gasteiger partial charge < -0.3 is 15.4 Å². The molecule has 0 bridgehead atoms. The second-order valence-electron chi connectivity index (χ2n) is 8.46. The summed E-state index contributed by atoms with van der Waals surface area (Å²) in [6.45, 7) is 5.55. The fraction of sp³-hybridized carbons (Fsp3) is 0.609. The Bertz CT molecular complexity index is 737. The summed E-state index contributed by atoms with van der Waals surface area (Å²) in [6, 6.07) is 9.24. The highest BCUT2D eigenvalue weighted by molar-refractivity contribution is 5.99. The summed E-state index contributed by atoms with van der Waals surface area (Å²) in [7, 11) is 0. The summed E-state index contributed by atoms with van der Waals surface area (Å²) in [5.74, 6) is -0.501. The standard InChI is InChI=1S/C23H33N3O4/c1-16(2)30-14-6-12-24-21(27)18-9-10-19-20(15-18)25-23(29)26(22(19)28)13-11-17-7-4-3-5-8-17/h3-5,7-8,16,18-20H,6,9-15H2,1-2H3,(H,24,27)(H,25,29). The predicted octanol–water partition coefficient (Wildman–Crippen LogP) is 2.50. The van der Waals surface area contributed by atoms with E-state index in [-0.39, 0.29) is 41.8 Å². The molecule has 2 aliphatic rings. The van der Waals surface area contributed by atoms with Gasteiger partial charge in [-0.25, -0.2) is 4.79 Å². The highest BCUT2D eigenvalue weighted by Crippen LogP contribution is 2.33. The van der Waals surface area contributed by atoms with Crippen LogP contribution in [0.5, 0.6) is 0 Å². The molecule has 3 rings (SSSR count). The van der Waals surface area contributed by atoms with E-state index in [9.17, 15) is 14.4 Å². The summed E-state index contributed by atoms with van der Waals surface area (Å²) in [4.78, 5) is 39.3. The van der Waals surface area contributed by atoms with Gasteiger partial charge in [0.2, 0.25) is 11.8 Å². The number of nitrogens with one attached hydrogen (secondary N) is 2. The molecule has 3 atom stereocenters. The average Bonchev–Trinajstić information content (AvgIpc) is 2.73. The lowest BCUT2D eigenvalue weighted by Crippen LogP contribution is -2.62. The Balaban J connectivity index is 1.47. The highest BCUT2D eigenvalue weighted by Gasteiger charge is 2.45. The maximum atomic E-state index is 12.9. The van der Waals surface area contributed by atoms with E-state index in [0.29, 0.717) is 45.4 Å². The molecule has 1 heterocycles. The van der Waals surface area contributed by atoms with Gasteiger partial charge in [0.25, 0.3) is 0 Å². The van der Waals surface area contributed by atoms with Gasteiger partial charge in [0.1, 0.15) is 0 Å². The number of hydrogen-bond acceptors (Lipinski definition) is 4. The van der Waals surface area contributed by atoms with Crippen LogP contribution in [0.15, 0.2) is 30.3 Å². The number of amides is 4. The van der Waals surface area contributed by atoms with Gasteiger partial charge in [-0.05, 0) is 51.5 Å². The second kappa shape index (κ2) is 10.6. The minimum Gasteiger partial charge on any atom is -0.379 e. The van der Waals surface area contributed by atoms with Crippen LogP contribution in [0.3, 0.4) is 0 Å². The number of carbonyl (C=O) groups is 3. The van der Waals surface area contributed by atoms with Crippen LogP contribution in [0.4, 0.5) is 4.79 Å². The van der Waals surface area contributed by atoms with Crippen LogP contribution in [0, 0.1) is 11.8 Å². The molecular weight excluding hydrogens is 382 g/mol. The summed E-state index contributed by atoms with van der Waals surface area (Å²) in [5, 5.41) is 5.94. The third-order valence-corrected chi connectivity index (χ3v) is 5.90. The second-order valence-corrected chi connectivity index (χ2v) is 8.46. The number of hydrogen-bond donors (Lipinski definition) is 2. The molecule has 1 aliphatic heterocycles. The molecule has 4 amide bonds. The number of benzene rings is 1. The van der Waals surface area contributed by atoms with Gasteiger partial charge in [-0.15, -0.1) is 0 Å². The molecule has 7 nitrogen and oxygen atoms in total. The van der Waals surface area contributed by atoms with E-state index in [2.05, 4.69) is 10.6 Å². The van der Waals surface area contributed by atoms with Crippen molar-refractivity contribution in [2.45, 2.75) is 58.1 Å². The summed E-state index contributed by atoms with van der Waals surface area (Å²) in [6.07, 6.45) is 3.42. The zero-order valence-electron chi connectivity index (χ0n) is 17.9. The molecule has 2 fully saturated rings. The molecule has 2 N–H and O–H groups in total. The Hall–Kier alpha value is -2.41. The fourth-order valence-corrected chi connectivity index (χ4v) is 4.25. The van der Waals surface area contributed by atoms with Crippen molar-refractivity contribution in [2.24, 2.45) is 11.8 Å². The first kappa shape index (κ1) is 22.3. The number of ether oxygens (including phenoxy) is 1.